The van der Waals surface area contributed by atoms with Gasteiger partial charge in [0.15, 0.2) is 0 Å². The van der Waals surface area contributed by atoms with Crippen molar-refractivity contribution < 1.29 is 22.7 Å². The Balaban J connectivity index is 1.74. The Kier molecular flexibility index (Phi) is 10.8. The molecule has 1 N–H and O–H groups in total. The van der Waals surface area contributed by atoms with Crippen molar-refractivity contribution in [2.75, 3.05) is 18.0 Å². The monoisotopic (exact) mass is 631 g/mol. The molecule has 1 unspecified atom stereocenters. The zero-order chi connectivity index (χ0) is 30.3. The van der Waals surface area contributed by atoms with Crippen LogP contribution in [0.1, 0.15) is 44.6 Å². The summed E-state index contributed by atoms with van der Waals surface area (Å²) in [5.74, 6) is -0.404. The smallest absolute Gasteiger partial charge is 0.264 e. The molecule has 1 aliphatic rings. The van der Waals surface area contributed by atoms with Gasteiger partial charge in [-0.15, -0.1) is 0 Å². The zero-order valence-corrected chi connectivity index (χ0v) is 26.0. The van der Waals surface area contributed by atoms with Crippen molar-refractivity contribution >= 4 is 50.7 Å². The molecule has 4 rings (SSSR count). The molecule has 0 aromatic heterocycles. The summed E-state index contributed by atoms with van der Waals surface area (Å²) in [6.07, 6.45) is 4.17. The van der Waals surface area contributed by atoms with E-state index in [9.17, 15) is 18.0 Å². The highest BCUT2D eigenvalue weighted by molar-refractivity contribution is 7.92. The number of carbonyl (C=O) groups is 2. The lowest BCUT2D eigenvalue weighted by Gasteiger charge is -2.34. The molecule has 11 heteroatoms. The third kappa shape index (κ3) is 7.56. The first-order valence-corrected chi connectivity index (χ1v) is 16.1. The van der Waals surface area contributed by atoms with Crippen LogP contribution >= 0.6 is 23.2 Å². The summed E-state index contributed by atoms with van der Waals surface area (Å²) in [6.45, 7) is 1.26. The zero-order valence-electron chi connectivity index (χ0n) is 23.6. The summed E-state index contributed by atoms with van der Waals surface area (Å²) in [5, 5.41) is 3.87. The molecule has 42 heavy (non-hydrogen) atoms. The quantitative estimate of drug-likeness (QED) is 0.262. The van der Waals surface area contributed by atoms with Crippen molar-refractivity contribution in [3.63, 3.8) is 0 Å². The van der Waals surface area contributed by atoms with Gasteiger partial charge in [0.25, 0.3) is 10.0 Å². The minimum atomic E-state index is -4.18. The number of methoxy groups -OCH3 is 1. The highest BCUT2D eigenvalue weighted by atomic mass is 35.5. The molecular formula is C31H35Cl2N3O5S. The van der Waals surface area contributed by atoms with Gasteiger partial charge >= 0.3 is 0 Å². The number of ether oxygens (including phenoxy) is 1. The number of anilines is 1. The molecule has 0 saturated heterocycles. The Morgan fingerprint density at radius 3 is 2.36 bits per heavy atom. The molecule has 2 amide bonds. The van der Waals surface area contributed by atoms with Gasteiger partial charge in [0.05, 0.1) is 17.7 Å². The molecule has 8 nitrogen and oxygen atoms in total. The second-order valence-electron chi connectivity index (χ2n) is 10.2. The number of hydrogen-bond acceptors (Lipinski definition) is 5. The first kappa shape index (κ1) is 31.7. The third-order valence-corrected chi connectivity index (χ3v) is 9.77. The molecular weight excluding hydrogens is 597 g/mol. The maximum atomic E-state index is 14.2. The van der Waals surface area contributed by atoms with Crippen LogP contribution in [0.3, 0.4) is 0 Å². The van der Waals surface area contributed by atoms with E-state index < -0.39 is 28.5 Å². The van der Waals surface area contributed by atoms with Crippen LogP contribution in [-0.2, 0) is 26.2 Å². The van der Waals surface area contributed by atoms with E-state index in [1.54, 1.807) is 60.7 Å². The van der Waals surface area contributed by atoms with E-state index in [0.717, 1.165) is 30.0 Å². The highest BCUT2D eigenvalue weighted by Crippen LogP contribution is 2.29. The van der Waals surface area contributed by atoms with E-state index in [4.69, 9.17) is 27.9 Å². The average molecular weight is 633 g/mol. The number of carbonyl (C=O) groups excluding carboxylic acids is 2. The lowest BCUT2D eigenvalue weighted by molar-refractivity contribution is -0.140. The van der Waals surface area contributed by atoms with Crippen LogP contribution in [0.15, 0.2) is 77.7 Å². The number of nitrogens with one attached hydrogen (secondary N) is 1. The molecule has 1 saturated carbocycles. The van der Waals surface area contributed by atoms with E-state index in [-0.39, 0.29) is 29.1 Å². The van der Waals surface area contributed by atoms with Crippen LogP contribution in [0.5, 0.6) is 5.75 Å². The van der Waals surface area contributed by atoms with Crippen LogP contribution in [0, 0.1) is 0 Å². The van der Waals surface area contributed by atoms with Crippen molar-refractivity contribution in [2.45, 2.75) is 62.6 Å². The summed E-state index contributed by atoms with van der Waals surface area (Å²) in [7, 11) is -2.70. The van der Waals surface area contributed by atoms with Crippen LogP contribution in [0.2, 0.25) is 10.0 Å². The topological polar surface area (TPSA) is 96.0 Å². The Labute approximate surface area is 257 Å². The molecule has 0 radical (unpaired) electrons. The fourth-order valence-electron chi connectivity index (χ4n) is 5.13. The molecule has 1 fully saturated rings. The van der Waals surface area contributed by atoms with Gasteiger partial charge in [-0.1, -0.05) is 73.3 Å². The lowest BCUT2D eigenvalue weighted by atomic mass is 10.1. The lowest BCUT2D eigenvalue weighted by Crippen LogP contribution is -2.53. The summed E-state index contributed by atoms with van der Waals surface area (Å²) >= 11 is 12.6. The van der Waals surface area contributed by atoms with E-state index in [1.165, 1.54) is 24.1 Å². The van der Waals surface area contributed by atoms with Crippen molar-refractivity contribution in [1.82, 2.24) is 10.2 Å². The van der Waals surface area contributed by atoms with Crippen LogP contribution < -0.4 is 14.4 Å². The van der Waals surface area contributed by atoms with E-state index in [0.29, 0.717) is 27.8 Å². The van der Waals surface area contributed by atoms with Gasteiger partial charge in [-0.25, -0.2) is 8.42 Å². The van der Waals surface area contributed by atoms with E-state index >= 15 is 0 Å². The van der Waals surface area contributed by atoms with E-state index in [2.05, 4.69) is 5.32 Å². The second kappa shape index (κ2) is 14.3. The molecule has 3 aromatic rings. The van der Waals surface area contributed by atoms with Gasteiger partial charge in [0.2, 0.25) is 11.8 Å². The number of benzene rings is 3. The largest absolute Gasteiger partial charge is 0.497 e. The Hall–Kier alpha value is -3.27. The SMILES string of the molecule is CCC(C(=O)NC1CCCC1)N(Cc1ccc(Cl)cc1Cl)C(=O)CN(c1cccc(OC)c1)S(=O)(=O)c1ccccc1. The standard InChI is InChI=1S/C31H35Cl2N3O5S/c1-3-29(31(38)34-24-10-7-8-11-24)35(20-22-16-17-23(32)18-28(22)33)30(37)21-36(25-12-9-13-26(19-25)41-2)42(39,40)27-14-5-4-6-15-27/h4-6,9,12-19,24,29H,3,7-8,10-11,20-21H2,1-2H3,(H,34,38). The fourth-order valence-corrected chi connectivity index (χ4v) is 7.03. The summed E-state index contributed by atoms with van der Waals surface area (Å²) in [5.41, 5.74) is 0.833. The number of sulfonamides is 1. The minimum absolute atomic E-state index is 0.0111. The minimum Gasteiger partial charge on any atom is -0.497 e. The maximum absolute atomic E-state index is 14.2. The van der Waals surface area contributed by atoms with Crippen molar-refractivity contribution in [2.24, 2.45) is 0 Å². The Morgan fingerprint density at radius 2 is 1.71 bits per heavy atom. The Morgan fingerprint density at radius 1 is 1.00 bits per heavy atom. The molecule has 0 bridgehead atoms. The molecule has 224 valence electrons. The van der Waals surface area contributed by atoms with Crippen LogP contribution in [-0.4, -0.2) is 50.9 Å². The molecule has 3 aromatic carbocycles. The normalized spacial score (nSPS) is 14.3. The van der Waals surface area contributed by atoms with Crippen molar-refractivity contribution in [3.05, 3.63) is 88.4 Å². The van der Waals surface area contributed by atoms with Crippen LogP contribution in [0.25, 0.3) is 0 Å². The van der Waals surface area contributed by atoms with Gasteiger partial charge in [0, 0.05) is 28.7 Å². The molecule has 1 atom stereocenters. The average Bonchev–Trinajstić information content (AvgIpc) is 3.50. The highest BCUT2D eigenvalue weighted by Gasteiger charge is 2.35. The van der Waals surface area contributed by atoms with Crippen LogP contribution in [0.4, 0.5) is 5.69 Å². The van der Waals surface area contributed by atoms with Gasteiger partial charge in [-0.05, 0) is 61.2 Å². The summed E-state index contributed by atoms with van der Waals surface area (Å²) < 4.78 is 34.3. The van der Waals surface area contributed by atoms with Crippen molar-refractivity contribution in [3.8, 4) is 5.75 Å². The second-order valence-corrected chi connectivity index (χ2v) is 12.9. The van der Waals surface area contributed by atoms with Gasteiger partial charge in [-0.3, -0.25) is 13.9 Å². The predicted molar refractivity (Wildman–Crippen MR) is 165 cm³/mol. The molecule has 1 aliphatic carbocycles. The Bertz CT molecular complexity index is 1500. The summed E-state index contributed by atoms with van der Waals surface area (Å²) in [4.78, 5) is 29.2. The number of rotatable bonds is 12. The fraction of sp³-hybridized carbons (Fsp3) is 0.355. The number of amides is 2. The first-order valence-electron chi connectivity index (χ1n) is 13.9. The predicted octanol–water partition coefficient (Wildman–Crippen LogP) is 6.06. The molecule has 0 spiro atoms. The van der Waals surface area contributed by atoms with Crippen molar-refractivity contribution in [1.29, 1.82) is 0 Å². The van der Waals surface area contributed by atoms with Gasteiger partial charge in [0.1, 0.15) is 18.3 Å². The van der Waals surface area contributed by atoms with E-state index in [1.807, 2.05) is 6.92 Å². The molecule has 0 aliphatic heterocycles. The first-order chi connectivity index (χ1) is 20.1. The number of hydrogen-bond donors (Lipinski definition) is 1. The van der Waals surface area contributed by atoms with Gasteiger partial charge < -0.3 is 15.0 Å². The molecule has 0 heterocycles. The van der Waals surface area contributed by atoms with Gasteiger partial charge in [-0.2, -0.15) is 0 Å². The number of nitrogens with zero attached hydrogens (tertiary/aromatic N) is 2. The number of halogens is 2. The maximum Gasteiger partial charge on any atom is 0.264 e. The summed E-state index contributed by atoms with van der Waals surface area (Å²) in [6, 6.07) is 18.5. The third-order valence-electron chi connectivity index (χ3n) is 7.39.